The molecule has 5 heterocycles. The Morgan fingerprint density at radius 1 is 0.580 bits per heavy atom. The molecule has 3 saturated heterocycles. The third kappa shape index (κ3) is 29.6. The molecule has 4 aromatic carbocycles. The Morgan fingerprint density at radius 3 is 1.47 bits per heavy atom. The third-order valence-electron chi connectivity index (χ3n) is 26.1. The number of nitro groups is 1. The Morgan fingerprint density at radius 2 is 1.04 bits per heavy atom. The summed E-state index contributed by atoms with van der Waals surface area (Å²) in [7, 11) is -5.87. The summed E-state index contributed by atoms with van der Waals surface area (Å²) >= 11 is 0. The first-order valence-electron chi connectivity index (χ1n) is 44.6. The van der Waals surface area contributed by atoms with Crippen LogP contribution in [0.4, 0.5) is 14.6 Å². The van der Waals surface area contributed by atoms with Crippen LogP contribution in [0.25, 0.3) is 0 Å². The number of alkyl halides is 2. The molecule has 6 aromatic rings. The van der Waals surface area contributed by atoms with Gasteiger partial charge in [0.05, 0.1) is 61.4 Å². The van der Waals surface area contributed by atoms with Crippen LogP contribution in [0.15, 0.2) is 167 Å². The van der Waals surface area contributed by atoms with Gasteiger partial charge < -0.3 is 72.7 Å². The van der Waals surface area contributed by atoms with Gasteiger partial charge in [-0.3, -0.25) is 33.6 Å². The van der Waals surface area contributed by atoms with E-state index in [1.807, 2.05) is 102 Å². The van der Waals surface area contributed by atoms with Gasteiger partial charge in [-0.15, -0.1) is 0 Å². The van der Waals surface area contributed by atoms with Gasteiger partial charge in [0, 0.05) is 23.7 Å². The number of esters is 6. The van der Waals surface area contributed by atoms with Crippen LogP contribution in [0.5, 0.6) is 23.1 Å². The Labute approximate surface area is 786 Å². The van der Waals surface area contributed by atoms with Crippen molar-refractivity contribution in [1.82, 2.24) is 9.97 Å². The van der Waals surface area contributed by atoms with Gasteiger partial charge in [0.25, 0.3) is 5.88 Å². The minimum absolute atomic E-state index is 0. The van der Waals surface area contributed by atoms with Crippen LogP contribution in [0.1, 0.15) is 253 Å². The number of hydrogen-bond acceptors (Lipinski definition) is 25. The summed E-state index contributed by atoms with van der Waals surface area (Å²) in [4.78, 5) is 112. The maximum atomic E-state index is 13.0. The van der Waals surface area contributed by atoms with E-state index in [1.165, 1.54) is 66.5 Å². The van der Waals surface area contributed by atoms with E-state index in [2.05, 4.69) is 120 Å². The smallest absolute Gasteiger partial charge is 0.743 e. The SMILES string of the molecule is CCC(C)(C)C(=O)O.CCC(C)(C)C(=O)OC(C)C(F)(F)S(=O)(=O)[O-].CCC(C)(C)C(=O)OC1(CC)CC2CC1C1C3CCC(C3)C21.CCC(C)(C)C(=O)OC1C2CC3C(=O)OC1C3O2.CCC(C)(C)C(=O)Oc1ccc(OC(C)(C)C)cc1.CCC(C)(C)C(=O)Oc1ncccc1O.O=C([O-])c1ccnc([N+](=O)[O-])c1.[Zn+2].c1ccc([S+](c2ccccc2)c2ccccc2)cc1. The van der Waals surface area contributed by atoms with E-state index in [-0.39, 0.29) is 112 Å². The standard InChI is InChI=1S/C20H32O2.C18H15S.C16H24O3.C13H18O5.C11H15NO3.C9H16F2O5S.C6H4N2O4.C6H12O2.Zn/c1-5-19(3,4)18(21)22-20(6-2)11-14-10-15(20)17-13-8-7-12(9-13)16(14)17;1-4-10-16(11-5-1)19(17-12-6-2-7-13-17)18-14-8-3-9-15-18;1-7-16(5,6)14(17)18-12-8-10-13(11-9-12)19-15(2,3)4;1-4-13(2,3)12(15)18-9-7-5-6-8(16-7)10(9)17-11(6)14;1-4-11(2,3)10(14)15-9-8(13)6-5-7-12-9;1-5-8(3,4)7(12)16-6(2)9(10,11)17(13,14)15;9-6(10)4-1-2-7-5(3-4)8(11)12;1-4-6(2,3)5(7)8;/h12-17H,5-11H2,1-4H3;1-15H;8-11H,7H2,1-6H3;6-10H,4-5H2,1-3H3;5-7,13H,4H2,1-3H3;6H,5H2,1-4H3,(H,13,14,15);1-3H,(H,9,10);4H2,1-3H3,(H,7,8);/q;+1;;;;;;;+2/p-2. The number of carbonyl (C=O) groups excluding carboxylic acids is 7. The zero-order chi connectivity index (χ0) is 97.8. The number of carboxylic acids is 2. The molecule has 0 radical (unpaired) electrons. The van der Waals surface area contributed by atoms with Gasteiger partial charge in [-0.2, -0.15) is 8.78 Å². The van der Waals surface area contributed by atoms with E-state index in [0.717, 1.165) is 79.4 Å². The van der Waals surface area contributed by atoms with Crippen LogP contribution in [-0.2, 0) is 97.7 Å². The van der Waals surface area contributed by atoms with E-state index in [4.69, 9.17) is 38.3 Å². The summed E-state index contributed by atoms with van der Waals surface area (Å²) in [5, 5.41) is 33.5. The second-order valence-corrected chi connectivity index (χ2v) is 42.1. The first-order chi connectivity index (χ1) is 60.4. The van der Waals surface area contributed by atoms with Crippen molar-refractivity contribution in [3.8, 4) is 23.1 Å². The number of aromatic hydroxyl groups is 1. The van der Waals surface area contributed by atoms with Crippen LogP contribution in [0.2, 0.25) is 0 Å². The summed E-state index contributed by atoms with van der Waals surface area (Å²) in [6.07, 6.45) is 11.5. The van der Waals surface area contributed by atoms with Gasteiger partial charge in [-0.05, 0) is 313 Å². The minimum Gasteiger partial charge on any atom is -0.743 e. The van der Waals surface area contributed by atoms with Crippen molar-refractivity contribution >= 4 is 74.6 Å². The molecule has 27 nitrogen and oxygen atoms in total. The fourth-order valence-electron chi connectivity index (χ4n) is 15.3. The van der Waals surface area contributed by atoms with Gasteiger partial charge in [0.15, 0.2) is 48.9 Å². The van der Waals surface area contributed by atoms with Gasteiger partial charge in [0.2, 0.25) is 0 Å². The Balaban J connectivity index is 0.000000268. The first kappa shape index (κ1) is 112. The molecule has 32 heteroatoms. The largest absolute Gasteiger partial charge is 2.00 e. The second-order valence-electron chi connectivity index (χ2n) is 38.6. The number of aliphatic carboxylic acids is 1. The number of hydrogen-bond donors (Lipinski definition) is 2. The maximum Gasteiger partial charge on any atom is 2.00 e. The van der Waals surface area contributed by atoms with Crippen LogP contribution < -0.4 is 19.3 Å². The zero-order valence-corrected chi connectivity index (χ0v) is 84.7. The quantitative estimate of drug-likeness (QED) is 0.00586. The minimum atomic E-state index is -5.86. The molecule has 0 amide bonds. The number of carboxylic acid groups (broad SMARTS) is 2. The van der Waals surface area contributed by atoms with E-state index < -0.39 is 89.4 Å². The number of aromatic nitrogens is 2. The van der Waals surface area contributed by atoms with Crippen LogP contribution >= 0.6 is 0 Å². The van der Waals surface area contributed by atoms with Crippen molar-refractivity contribution < 1.29 is 138 Å². The monoisotopic (exact) mass is 1910 g/mol. The van der Waals surface area contributed by atoms with Gasteiger partial charge in [-0.1, -0.05) is 103 Å². The number of carbonyl (C=O) groups is 8. The Kier molecular flexibility index (Phi) is 40.3. The van der Waals surface area contributed by atoms with E-state index in [9.17, 15) is 80.4 Å². The van der Waals surface area contributed by atoms with Crippen molar-refractivity contribution in [2.45, 2.75) is 304 Å². The summed E-state index contributed by atoms with van der Waals surface area (Å²) in [6.45, 7) is 41.8. The molecule has 131 heavy (non-hydrogen) atoms. The molecule has 7 aliphatic rings. The topological polar surface area (TPSA) is 400 Å². The zero-order valence-electron chi connectivity index (χ0n) is 80.1. The number of halogens is 2. The van der Waals surface area contributed by atoms with Crippen molar-refractivity contribution in [2.24, 2.45) is 73.9 Å². The second kappa shape index (κ2) is 47.0. The van der Waals surface area contributed by atoms with Gasteiger partial charge in [-0.25, -0.2) is 13.4 Å². The van der Waals surface area contributed by atoms with Crippen molar-refractivity contribution in [3.05, 3.63) is 168 Å². The van der Waals surface area contributed by atoms with E-state index >= 15 is 0 Å². The molecule has 13 rings (SSSR count). The summed E-state index contributed by atoms with van der Waals surface area (Å²) in [6, 6.07) is 44.2. The number of nitrogens with zero attached hydrogens (tertiary/aromatic N) is 3. The number of ether oxygens (including phenoxy) is 8. The average Bonchev–Trinajstić information content (AvgIpc) is 1.53. The van der Waals surface area contributed by atoms with Crippen molar-refractivity contribution in [2.75, 3.05) is 0 Å². The predicted molar refractivity (Wildman–Crippen MR) is 483 cm³/mol. The van der Waals surface area contributed by atoms with Crippen LogP contribution in [0, 0.1) is 84.0 Å². The summed E-state index contributed by atoms with van der Waals surface area (Å²) in [5.41, 5.74) is -4.04. The fourth-order valence-corrected chi connectivity index (χ4v) is 17.9. The Bertz CT molecular complexity index is 4800. The molecule has 0 spiro atoms. The molecule has 4 saturated carbocycles. The summed E-state index contributed by atoms with van der Waals surface area (Å²) < 4.78 is 100. The number of benzene rings is 4. The molecule has 6 bridgehead atoms. The molecular weight excluding hydrogens is 1780 g/mol. The maximum absolute atomic E-state index is 13.0. The van der Waals surface area contributed by atoms with Gasteiger partial charge >= 0.3 is 72.3 Å². The van der Waals surface area contributed by atoms with Crippen LogP contribution in [0.3, 0.4) is 0 Å². The Hall–Kier alpha value is -9.36. The molecule has 4 aliphatic carbocycles. The molecule has 13 unspecified atom stereocenters. The molecule has 716 valence electrons. The molecular formula is C99H134F2N3O24S2Zn+. The fraction of sp³-hybridized carbons (Fsp3) is 0.576. The number of pyridine rings is 2. The summed E-state index contributed by atoms with van der Waals surface area (Å²) in [5.74, 6) is 1.70. The normalized spacial score (nSPS) is 21.9. The number of fused-ring (bicyclic) bond motifs is 10. The molecule has 2 N–H and O–H groups in total. The third-order valence-corrected chi connectivity index (χ3v) is 29.3. The first-order valence-corrected chi connectivity index (χ1v) is 47.2. The van der Waals surface area contributed by atoms with Crippen molar-refractivity contribution in [3.63, 3.8) is 0 Å². The van der Waals surface area contributed by atoms with Gasteiger partial charge in [0.1, 0.15) is 35.0 Å². The average molecular weight is 1920 g/mol. The molecule has 13 atom stereocenters. The molecule has 3 aliphatic heterocycles. The predicted octanol–water partition coefficient (Wildman–Crippen LogP) is 19.3. The van der Waals surface area contributed by atoms with E-state index in [1.54, 1.807) is 52.8 Å². The van der Waals surface area contributed by atoms with E-state index in [0.29, 0.717) is 50.7 Å². The van der Waals surface area contributed by atoms with Crippen molar-refractivity contribution in [1.29, 1.82) is 0 Å². The molecule has 7 fully saturated rings. The number of rotatable bonds is 26. The van der Waals surface area contributed by atoms with Crippen LogP contribution in [-0.4, -0.2) is 133 Å². The number of aromatic carboxylic acids is 1. The molecule has 2 aromatic heterocycles.